The second-order valence-electron chi connectivity index (χ2n) is 4.16. The van der Waals surface area contributed by atoms with E-state index in [0.717, 1.165) is 6.07 Å². The van der Waals surface area contributed by atoms with Gasteiger partial charge in [-0.2, -0.15) is 4.39 Å². The highest BCUT2D eigenvalue weighted by Crippen LogP contribution is 2.29. The van der Waals surface area contributed by atoms with E-state index in [9.17, 15) is 18.7 Å². The first kappa shape index (κ1) is 12.9. The summed E-state index contributed by atoms with van der Waals surface area (Å²) in [6, 6.07) is 4.01. The Bertz CT molecular complexity index is 485. The van der Waals surface area contributed by atoms with E-state index in [1.807, 2.05) is 0 Å². The summed E-state index contributed by atoms with van der Waals surface area (Å²) in [6.45, 7) is 0. The Morgan fingerprint density at radius 3 is 2.67 bits per heavy atom. The molecule has 1 heterocycles. The van der Waals surface area contributed by atoms with Gasteiger partial charge in [0.2, 0.25) is 5.82 Å². The van der Waals surface area contributed by atoms with Crippen molar-refractivity contribution in [3.05, 3.63) is 34.1 Å². The summed E-state index contributed by atoms with van der Waals surface area (Å²) in [6.07, 6.45) is 1.36. The van der Waals surface area contributed by atoms with E-state index in [2.05, 4.69) is 5.32 Å². The van der Waals surface area contributed by atoms with Gasteiger partial charge in [-0.25, -0.2) is 0 Å². The van der Waals surface area contributed by atoms with Crippen LogP contribution in [0.15, 0.2) is 18.2 Å². The second-order valence-corrected chi connectivity index (χ2v) is 5.86. The van der Waals surface area contributed by atoms with Crippen LogP contribution in [-0.4, -0.2) is 26.7 Å². The minimum atomic E-state index is -0.843. The normalized spacial score (nSPS) is 23.6. The van der Waals surface area contributed by atoms with E-state index >= 15 is 0 Å². The standard InChI is InChI=1S/C11H13FN2O3S/c12-9-2-1-3-10(11(9)14(15)16)13-8-4-6-18(17)7-5-8/h1-3,8,13H,4-7H2. The lowest BCUT2D eigenvalue weighted by atomic mass is 10.1. The number of para-hydroxylation sites is 1. The van der Waals surface area contributed by atoms with E-state index in [1.165, 1.54) is 12.1 Å². The van der Waals surface area contributed by atoms with Gasteiger partial charge in [0.05, 0.1) is 4.92 Å². The Balaban J connectivity index is 2.16. The number of hydrogen-bond donors (Lipinski definition) is 1. The molecule has 0 radical (unpaired) electrons. The van der Waals surface area contributed by atoms with Crippen LogP contribution in [0.25, 0.3) is 0 Å². The number of benzene rings is 1. The first-order valence-electron chi connectivity index (χ1n) is 5.62. The van der Waals surface area contributed by atoms with Gasteiger partial charge in [0, 0.05) is 28.3 Å². The molecular formula is C11H13FN2O3S. The summed E-state index contributed by atoms with van der Waals surface area (Å²) in [5.74, 6) is 0.325. The molecule has 1 aliphatic rings. The maximum Gasteiger partial charge on any atom is 0.327 e. The van der Waals surface area contributed by atoms with Crippen molar-refractivity contribution in [2.45, 2.75) is 18.9 Å². The molecule has 18 heavy (non-hydrogen) atoms. The van der Waals surface area contributed by atoms with E-state index in [4.69, 9.17) is 0 Å². The Hall–Kier alpha value is -1.50. The number of rotatable bonds is 3. The SMILES string of the molecule is O=[N+]([O-])c1c(F)cccc1NC1CCS(=O)CC1. The zero-order valence-electron chi connectivity index (χ0n) is 9.60. The molecule has 7 heteroatoms. The van der Waals surface area contributed by atoms with Crippen LogP contribution in [0.2, 0.25) is 0 Å². The van der Waals surface area contributed by atoms with Crippen molar-refractivity contribution in [2.24, 2.45) is 0 Å². The molecule has 1 fully saturated rings. The molecule has 0 bridgehead atoms. The topological polar surface area (TPSA) is 72.2 Å². The maximum absolute atomic E-state index is 13.4. The predicted octanol–water partition coefficient (Wildman–Crippen LogP) is 2.06. The summed E-state index contributed by atoms with van der Waals surface area (Å²) in [5, 5.41) is 13.8. The monoisotopic (exact) mass is 272 g/mol. The predicted molar refractivity (Wildman–Crippen MR) is 67.6 cm³/mol. The highest BCUT2D eigenvalue weighted by molar-refractivity contribution is 7.85. The number of anilines is 1. The molecule has 0 aliphatic carbocycles. The Morgan fingerprint density at radius 2 is 2.06 bits per heavy atom. The Morgan fingerprint density at radius 1 is 1.39 bits per heavy atom. The maximum atomic E-state index is 13.4. The van der Waals surface area contributed by atoms with Gasteiger partial charge in [0.1, 0.15) is 5.69 Å². The first-order chi connectivity index (χ1) is 8.58. The van der Waals surface area contributed by atoms with Crippen molar-refractivity contribution in [1.29, 1.82) is 0 Å². The largest absolute Gasteiger partial charge is 0.377 e. The molecule has 2 rings (SSSR count). The minimum absolute atomic E-state index is 0.0169. The fraction of sp³-hybridized carbons (Fsp3) is 0.455. The zero-order chi connectivity index (χ0) is 13.1. The molecule has 5 nitrogen and oxygen atoms in total. The van der Waals surface area contributed by atoms with Gasteiger partial charge < -0.3 is 5.32 Å². The third kappa shape index (κ3) is 2.84. The molecule has 1 aromatic carbocycles. The lowest BCUT2D eigenvalue weighted by Crippen LogP contribution is -2.29. The van der Waals surface area contributed by atoms with Crippen LogP contribution in [0.4, 0.5) is 15.8 Å². The molecule has 1 N–H and O–H groups in total. The highest BCUT2D eigenvalue weighted by Gasteiger charge is 2.24. The average molecular weight is 272 g/mol. The van der Waals surface area contributed by atoms with E-state index < -0.39 is 27.2 Å². The third-order valence-corrected chi connectivity index (χ3v) is 4.30. The zero-order valence-corrected chi connectivity index (χ0v) is 10.4. The number of nitro groups is 1. The van der Waals surface area contributed by atoms with Crippen LogP contribution < -0.4 is 5.32 Å². The van der Waals surface area contributed by atoms with Crippen LogP contribution in [-0.2, 0) is 10.8 Å². The number of hydrogen-bond acceptors (Lipinski definition) is 4. The molecule has 0 amide bonds. The second kappa shape index (κ2) is 5.43. The molecular weight excluding hydrogens is 259 g/mol. The summed E-state index contributed by atoms with van der Waals surface area (Å²) < 4.78 is 24.6. The molecule has 0 saturated carbocycles. The van der Waals surface area contributed by atoms with Gasteiger partial charge in [-0.15, -0.1) is 0 Å². The molecule has 0 unspecified atom stereocenters. The summed E-state index contributed by atoms with van der Waals surface area (Å²) in [7, 11) is -0.785. The van der Waals surface area contributed by atoms with Gasteiger partial charge in [-0.3, -0.25) is 14.3 Å². The fourth-order valence-corrected chi connectivity index (χ4v) is 3.27. The molecule has 0 spiro atoms. The van der Waals surface area contributed by atoms with E-state index in [0.29, 0.717) is 24.3 Å². The van der Waals surface area contributed by atoms with Crippen molar-refractivity contribution >= 4 is 22.2 Å². The fourth-order valence-electron chi connectivity index (χ4n) is 1.98. The first-order valence-corrected chi connectivity index (χ1v) is 7.11. The Kier molecular flexibility index (Phi) is 3.90. The average Bonchev–Trinajstić information content (AvgIpc) is 2.32. The van der Waals surface area contributed by atoms with E-state index in [1.54, 1.807) is 0 Å². The summed E-state index contributed by atoms with van der Waals surface area (Å²) in [4.78, 5) is 10.1. The van der Waals surface area contributed by atoms with Crippen LogP contribution in [0.5, 0.6) is 0 Å². The molecule has 98 valence electrons. The number of nitro benzene ring substituents is 1. The number of halogens is 1. The van der Waals surface area contributed by atoms with E-state index in [-0.39, 0.29) is 11.7 Å². The van der Waals surface area contributed by atoms with Gasteiger partial charge in [0.25, 0.3) is 0 Å². The summed E-state index contributed by atoms with van der Waals surface area (Å²) in [5.41, 5.74) is -0.332. The lowest BCUT2D eigenvalue weighted by Gasteiger charge is -2.23. The van der Waals surface area contributed by atoms with Crippen molar-refractivity contribution in [1.82, 2.24) is 0 Å². The lowest BCUT2D eigenvalue weighted by molar-refractivity contribution is -0.386. The Labute approximate surface area is 106 Å². The molecule has 1 aromatic rings. The number of nitrogens with zero attached hydrogens (tertiary/aromatic N) is 1. The van der Waals surface area contributed by atoms with Gasteiger partial charge in [0.15, 0.2) is 0 Å². The van der Waals surface area contributed by atoms with Crippen LogP contribution in [0.3, 0.4) is 0 Å². The molecule has 0 atom stereocenters. The van der Waals surface area contributed by atoms with Crippen LogP contribution in [0.1, 0.15) is 12.8 Å². The molecule has 1 saturated heterocycles. The summed E-state index contributed by atoms with van der Waals surface area (Å²) >= 11 is 0. The van der Waals surface area contributed by atoms with Gasteiger partial charge in [-0.1, -0.05) is 6.07 Å². The van der Waals surface area contributed by atoms with Gasteiger partial charge in [-0.05, 0) is 25.0 Å². The van der Waals surface area contributed by atoms with Crippen molar-refractivity contribution in [3.63, 3.8) is 0 Å². The van der Waals surface area contributed by atoms with Crippen LogP contribution in [0, 0.1) is 15.9 Å². The van der Waals surface area contributed by atoms with Gasteiger partial charge >= 0.3 is 5.69 Å². The third-order valence-electron chi connectivity index (χ3n) is 2.92. The molecule has 1 aliphatic heterocycles. The minimum Gasteiger partial charge on any atom is -0.377 e. The van der Waals surface area contributed by atoms with Crippen molar-refractivity contribution in [2.75, 3.05) is 16.8 Å². The number of nitrogens with one attached hydrogen (secondary N) is 1. The smallest absolute Gasteiger partial charge is 0.327 e. The van der Waals surface area contributed by atoms with Crippen LogP contribution >= 0.6 is 0 Å². The van der Waals surface area contributed by atoms with Crippen molar-refractivity contribution < 1.29 is 13.5 Å². The van der Waals surface area contributed by atoms with Crippen molar-refractivity contribution in [3.8, 4) is 0 Å². The molecule has 0 aromatic heterocycles. The highest BCUT2D eigenvalue weighted by atomic mass is 32.2. The quantitative estimate of drug-likeness (QED) is 0.675.